The van der Waals surface area contributed by atoms with Gasteiger partial charge in [0.05, 0.1) is 13.7 Å². The normalized spacial score (nSPS) is 11.6. The smallest absolute Gasteiger partial charge is 0.122 e. The molecule has 18 heavy (non-hydrogen) atoms. The number of hydrogen-bond donors (Lipinski definition) is 0. The van der Waals surface area contributed by atoms with Gasteiger partial charge in [-0.15, -0.1) is 0 Å². The van der Waals surface area contributed by atoms with E-state index >= 15 is 0 Å². The molecule has 0 radical (unpaired) electrons. The van der Waals surface area contributed by atoms with Crippen LogP contribution in [0.1, 0.15) is 37.8 Å². The van der Waals surface area contributed by atoms with Crippen LogP contribution in [-0.2, 0) is 11.2 Å². The summed E-state index contributed by atoms with van der Waals surface area (Å²) < 4.78 is 10.7. The van der Waals surface area contributed by atoms with Gasteiger partial charge in [-0.25, -0.2) is 0 Å². The fraction of sp³-hybridized carbons (Fsp3) is 0.625. The zero-order valence-electron chi connectivity index (χ0n) is 12.4. The number of aryl methyl sites for hydroxylation is 2. The molecule has 0 saturated carbocycles. The van der Waals surface area contributed by atoms with Crippen molar-refractivity contribution in [2.45, 2.75) is 40.0 Å². The van der Waals surface area contributed by atoms with Crippen molar-refractivity contribution in [2.24, 2.45) is 5.41 Å². The summed E-state index contributed by atoms with van der Waals surface area (Å²) in [6.45, 7) is 7.45. The van der Waals surface area contributed by atoms with Crippen LogP contribution < -0.4 is 4.74 Å². The van der Waals surface area contributed by atoms with Crippen LogP contribution in [0.3, 0.4) is 0 Å². The molecule has 0 unspecified atom stereocenters. The maximum atomic E-state index is 5.41. The van der Waals surface area contributed by atoms with Gasteiger partial charge in [-0.1, -0.05) is 31.5 Å². The lowest BCUT2D eigenvalue weighted by Gasteiger charge is -2.23. The van der Waals surface area contributed by atoms with E-state index in [1.807, 2.05) is 0 Å². The maximum absolute atomic E-state index is 5.41. The fourth-order valence-electron chi connectivity index (χ4n) is 2.32. The van der Waals surface area contributed by atoms with Crippen molar-refractivity contribution in [1.82, 2.24) is 0 Å². The average Bonchev–Trinajstić information content (AvgIpc) is 2.29. The molecule has 0 aliphatic rings. The van der Waals surface area contributed by atoms with Crippen molar-refractivity contribution in [2.75, 3.05) is 20.8 Å². The molecule has 0 amide bonds. The standard InChI is InChI=1S/C16H26O2/c1-13-8-9-15(18-5)14(11-13)7-6-10-16(2,3)12-17-4/h8-9,11H,6-7,10,12H2,1-5H3. The molecule has 2 nitrogen and oxygen atoms in total. The van der Waals surface area contributed by atoms with Gasteiger partial charge in [0.2, 0.25) is 0 Å². The molecular formula is C16H26O2. The maximum Gasteiger partial charge on any atom is 0.122 e. The van der Waals surface area contributed by atoms with E-state index in [-0.39, 0.29) is 5.41 Å². The third-order valence-electron chi connectivity index (χ3n) is 3.27. The van der Waals surface area contributed by atoms with E-state index < -0.39 is 0 Å². The van der Waals surface area contributed by atoms with Crippen LogP contribution >= 0.6 is 0 Å². The summed E-state index contributed by atoms with van der Waals surface area (Å²) in [4.78, 5) is 0. The summed E-state index contributed by atoms with van der Waals surface area (Å²) in [6, 6.07) is 6.38. The summed E-state index contributed by atoms with van der Waals surface area (Å²) in [6.07, 6.45) is 3.39. The molecule has 0 N–H and O–H groups in total. The Morgan fingerprint density at radius 2 is 1.89 bits per heavy atom. The summed E-state index contributed by atoms with van der Waals surface area (Å²) in [5.41, 5.74) is 2.86. The Balaban J connectivity index is 2.55. The molecule has 1 aromatic rings. The first-order valence-electron chi connectivity index (χ1n) is 6.61. The van der Waals surface area contributed by atoms with Crippen molar-refractivity contribution in [3.8, 4) is 5.75 Å². The lowest BCUT2D eigenvalue weighted by Crippen LogP contribution is -2.18. The summed E-state index contributed by atoms with van der Waals surface area (Å²) in [5.74, 6) is 1.00. The first kappa shape index (κ1) is 15.0. The SMILES string of the molecule is COCC(C)(C)CCCc1cc(C)ccc1OC. The van der Waals surface area contributed by atoms with Crippen LogP contribution in [0, 0.1) is 12.3 Å². The van der Waals surface area contributed by atoms with Crippen LogP contribution in [-0.4, -0.2) is 20.8 Å². The highest BCUT2D eigenvalue weighted by molar-refractivity contribution is 5.36. The molecule has 0 aromatic heterocycles. The number of hydrogen-bond acceptors (Lipinski definition) is 2. The van der Waals surface area contributed by atoms with Gasteiger partial charge in [0, 0.05) is 7.11 Å². The molecular weight excluding hydrogens is 224 g/mol. The van der Waals surface area contributed by atoms with Gasteiger partial charge >= 0.3 is 0 Å². The summed E-state index contributed by atoms with van der Waals surface area (Å²) >= 11 is 0. The molecule has 102 valence electrons. The second-order valence-electron chi connectivity index (χ2n) is 5.77. The van der Waals surface area contributed by atoms with Gasteiger partial charge < -0.3 is 9.47 Å². The number of methoxy groups -OCH3 is 2. The topological polar surface area (TPSA) is 18.5 Å². The number of benzene rings is 1. The lowest BCUT2D eigenvalue weighted by molar-refractivity contribution is 0.0968. The van der Waals surface area contributed by atoms with Gasteiger partial charge in [0.15, 0.2) is 0 Å². The molecule has 1 rings (SSSR count). The van der Waals surface area contributed by atoms with Gasteiger partial charge in [-0.3, -0.25) is 0 Å². The minimum atomic E-state index is 0.256. The third-order valence-corrected chi connectivity index (χ3v) is 3.27. The molecule has 0 aliphatic heterocycles. The Hall–Kier alpha value is -1.02. The molecule has 0 bridgehead atoms. The Morgan fingerprint density at radius 1 is 1.17 bits per heavy atom. The molecule has 0 spiro atoms. The molecule has 2 heteroatoms. The molecule has 0 saturated heterocycles. The number of rotatable bonds is 7. The third kappa shape index (κ3) is 4.69. The molecule has 1 aromatic carbocycles. The average molecular weight is 250 g/mol. The van der Waals surface area contributed by atoms with Crippen molar-refractivity contribution in [3.63, 3.8) is 0 Å². The van der Waals surface area contributed by atoms with Crippen LogP contribution in [0.4, 0.5) is 0 Å². The van der Waals surface area contributed by atoms with E-state index in [0.717, 1.165) is 31.6 Å². The predicted octanol–water partition coefficient (Wildman–Crippen LogP) is 4.00. The first-order chi connectivity index (χ1) is 8.48. The van der Waals surface area contributed by atoms with Crippen LogP contribution in [0.5, 0.6) is 5.75 Å². The van der Waals surface area contributed by atoms with Gasteiger partial charge in [0.25, 0.3) is 0 Å². The van der Waals surface area contributed by atoms with Crippen LogP contribution in [0.25, 0.3) is 0 Å². The van der Waals surface area contributed by atoms with E-state index in [1.165, 1.54) is 11.1 Å². The first-order valence-corrected chi connectivity index (χ1v) is 6.61. The molecule has 0 fully saturated rings. The Kier molecular flexibility index (Phi) is 5.67. The van der Waals surface area contributed by atoms with E-state index in [0.29, 0.717) is 0 Å². The summed E-state index contributed by atoms with van der Waals surface area (Å²) in [5, 5.41) is 0. The quantitative estimate of drug-likeness (QED) is 0.728. The Bertz CT molecular complexity index is 369. The van der Waals surface area contributed by atoms with Gasteiger partial charge in [-0.2, -0.15) is 0 Å². The second kappa shape index (κ2) is 6.79. The zero-order valence-corrected chi connectivity index (χ0v) is 12.4. The van der Waals surface area contributed by atoms with Gasteiger partial charge in [0.1, 0.15) is 5.75 Å². The Labute approximate surface area is 111 Å². The predicted molar refractivity (Wildman–Crippen MR) is 76.3 cm³/mol. The highest BCUT2D eigenvalue weighted by atomic mass is 16.5. The highest BCUT2D eigenvalue weighted by Gasteiger charge is 2.17. The molecule has 0 aliphatic carbocycles. The Morgan fingerprint density at radius 3 is 2.50 bits per heavy atom. The van der Waals surface area contributed by atoms with E-state index in [2.05, 4.69) is 39.0 Å². The number of ether oxygens (including phenoxy) is 2. The zero-order chi connectivity index (χ0) is 13.6. The van der Waals surface area contributed by atoms with Crippen molar-refractivity contribution < 1.29 is 9.47 Å². The van der Waals surface area contributed by atoms with Crippen LogP contribution in [0.2, 0.25) is 0 Å². The van der Waals surface area contributed by atoms with E-state index in [4.69, 9.17) is 9.47 Å². The molecule has 0 atom stereocenters. The van der Waals surface area contributed by atoms with Crippen molar-refractivity contribution in [3.05, 3.63) is 29.3 Å². The van der Waals surface area contributed by atoms with Crippen molar-refractivity contribution >= 4 is 0 Å². The largest absolute Gasteiger partial charge is 0.496 e. The van der Waals surface area contributed by atoms with E-state index in [9.17, 15) is 0 Å². The lowest BCUT2D eigenvalue weighted by atomic mass is 9.87. The van der Waals surface area contributed by atoms with Gasteiger partial charge in [-0.05, 0) is 43.2 Å². The second-order valence-corrected chi connectivity index (χ2v) is 5.77. The highest BCUT2D eigenvalue weighted by Crippen LogP contribution is 2.26. The fourth-order valence-corrected chi connectivity index (χ4v) is 2.32. The van der Waals surface area contributed by atoms with Crippen molar-refractivity contribution in [1.29, 1.82) is 0 Å². The molecule has 0 heterocycles. The monoisotopic (exact) mass is 250 g/mol. The van der Waals surface area contributed by atoms with Crippen LogP contribution in [0.15, 0.2) is 18.2 Å². The minimum Gasteiger partial charge on any atom is -0.496 e. The van der Waals surface area contributed by atoms with E-state index in [1.54, 1.807) is 14.2 Å². The summed E-state index contributed by atoms with van der Waals surface area (Å²) in [7, 11) is 3.51. The minimum absolute atomic E-state index is 0.256.